The molecule has 1 N–H and O–H groups in total. The summed E-state index contributed by atoms with van der Waals surface area (Å²) in [4.78, 5) is 21.3. The van der Waals surface area contributed by atoms with Gasteiger partial charge in [0.1, 0.15) is 6.26 Å². The molecule has 1 aromatic heterocycles. The summed E-state index contributed by atoms with van der Waals surface area (Å²) in [6.07, 6.45) is 2.43. The molecule has 2 heterocycles. The van der Waals surface area contributed by atoms with Gasteiger partial charge < -0.3 is 9.73 Å². The number of hydrogen-bond donors (Lipinski definition) is 1. The minimum Gasteiger partial charge on any atom is -0.447 e. The van der Waals surface area contributed by atoms with Crippen LogP contribution in [0.15, 0.2) is 34.9 Å². The Kier molecular flexibility index (Phi) is 7.23. The van der Waals surface area contributed by atoms with Crippen LogP contribution in [-0.2, 0) is 13.1 Å². The first-order valence-corrected chi connectivity index (χ1v) is 10.2. The van der Waals surface area contributed by atoms with Crippen molar-refractivity contribution < 1.29 is 9.21 Å². The third-order valence-corrected chi connectivity index (χ3v) is 5.14. The Bertz CT molecular complexity index is 746. The highest BCUT2D eigenvalue weighted by Crippen LogP contribution is 2.12. The molecule has 6 nitrogen and oxygen atoms in total. The molecule has 0 saturated carbocycles. The highest BCUT2D eigenvalue weighted by Gasteiger charge is 2.20. The Labute approximate surface area is 167 Å². The van der Waals surface area contributed by atoms with Gasteiger partial charge in [-0.05, 0) is 24.8 Å². The van der Waals surface area contributed by atoms with E-state index < -0.39 is 0 Å². The van der Waals surface area contributed by atoms with Gasteiger partial charge in [0.15, 0.2) is 5.69 Å². The number of rotatable bonds is 8. The second-order valence-corrected chi connectivity index (χ2v) is 8.10. The van der Waals surface area contributed by atoms with Crippen LogP contribution < -0.4 is 5.32 Å². The number of nitrogens with zero attached hydrogens (tertiary/aromatic N) is 3. The van der Waals surface area contributed by atoms with Gasteiger partial charge in [-0.25, -0.2) is 4.98 Å². The quantitative estimate of drug-likeness (QED) is 0.758. The lowest BCUT2D eigenvalue weighted by molar-refractivity contribution is 0.0946. The van der Waals surface area contributed by atoms with Crippen molar-refractivity contribution >= 4 is 5.91 Å². The van der Waals surface area contributed by atoms with Gasteiger partial charge in [0.25, 0.3) is 5.91 Å². The molecule has 6 heteroatoms. The molecule has 1 aliphatic heterocycles. The predicted molar refractivity (Wildman–Crippen MR) is 110 cm³/mol. The Hall–Kier alpha value is -2.18. The second kappa shape index (κ2) is 9.85. The molecule has 1 fully saturated rings. The number of oxazole rings is 1. The monoisotopic (exact) mass is 384 g/mol. The summed E-state index contributed by atoms with van der Waals surface area (Å²) in [5.74, 6) is 1.03. The van der Waals surface area contributed by atoms with Crippen molar-refractivity contribution in [3.63, 3.8) is 0 Å². The molecule has 2 aromatic rings. The van der Waals surface area contributed by atoms with E-state index in [1.807, 2.05) is 0 Å². The number of carbonyl (C=O) groups excluding carboxylic acids is 1. The lowest BCUT2D eigenvalue weighted by Gasteiger charge is -2.34. The van der Waals surface area contributed by atoms with Crippen LogP contribution in [0.25, 0.3) is 0 Å². The van der Waals surface area contributed by atoms with Gasteiger partial charge in [-0.3, -0.25) is 14.6 Å². The van der Waals surface area contributed by atoms with Crippen LogP contribution in [0.5, 0.6) is 0 Å². The number of hydrogen-bond acceptors (Lipinski definition) is 5. The van der Waals surface area contributed by atoms with Gasteiger partial charge in [0.2, 0.25) is 5.89 Å². The standard InChI is InChI=1S/C22H32N4O2/c1-17(2)8-9-23-22(27)20-16-28-21(24-20)15-26-12-10-25(11-13-26)14-19-6-4-18(3)5-7-19/h4-7,16-17H,8-15H2,1-3H3,(H,23,27). The minimum absolute atomic E-state index is 0.154. The van der Waals surface area contributed by atoms with E-state index in [0.717, 1.165) is 39.1 Å². The average molecular weight is 385 g/mol. The zero-order valence-corrected chi connectivity index (χ0v) is 17.3. The normalized spacial score (nSPS) is 15.9. The second-order valence-electron chi connectivity index (χ2n) is 8.10. The molecule has 1 amide bonds. The summed E-state index contributed by atoms with van der Waals surface area (Å²) in [7, 11) is 0. The molecular formula is C22H32N4O2. The van der Waals surface area contributed by atoms with Crippen LogP contribution in [0.2, 0.25) is 0 Å². The summed E-state index contributed by atoms with van der Waals surface area (Å²) < 4.78 is 5.52. The molecule has 0 atom stereocenters. The topological polar surface area (TPSA) is 61.6 Å². The van der Waals surface area contributed by atoms with Crippen LogP contribution in [0.1, 0.15) is 47.8 Å². The maximum Gasteiger partial charge on any atom is 0.273 e. The fourth-order valence-corrected chi connectivity index (χ4v) is 3.30. The SMILES string of the molecule is Cc1ccc(CN2CCN(Cc3nc(C(=O)NCCC(C)C)co3)CC2)cc1. The van der Waals surface area contributed by atoms with E-state index in [4.69, 9.17) is 4.42 Å². The van der Waals surface area contributed by atoms with E-state index in [9.17, 15) is 4.79 Å². The van der Waals surface area contributed by atoms with Crippen molar-refractivity contribution in [3.05, 3.63) is 53.2 Å². The number of carbonyl (C=O) groups is 1. The van der Waals surface area contributed by atoms with Crippen molar-refractivity contribution in [2.24, 2.45) is 5.92 Å². The highest BCUT2D eigenvalue weighted by molar-refractivity contribution is 5.91. The molecule has 3 rings (SSSR count). The molecule has 0 unspecified atom stereocenters. The van der Waals surface area contributed by atoms with Crippen molar-refractivity contribution in [2.75, 3.05) is 32.7 Å². The lowest BCUT2D eigenvalue weighted by atomic mass is 10.1. The average Bonchev–Trinajstić information content (AvgIpc) is 3.13. The first-order valence-electron chi connectivity index (χ1n) is 10.2. The smallest absolute Gasteiger partial charge is 0.273 e. The van der Waals surface area contributed by atoms with E-state index in [-0.39, 0.29) is 5.91 Å². The number of nitrogens with one attached hydrogen (secondary N) is 1. The van der Waals surface area contributed by atoms with Gasteiger partial charge in [0.05, 0.1) is 6.54 Å². The summed E-state index contributed by atoms with van der Waals surface area (Å²) in [6.45, 7) is 12.7. The molecule has 152 valence electrons. The Morgan fingerprint density at radius 2 is 1.75 bits per heavy atom. The number of aryl methyl sites for hydroxylation is 1. The summed E-state index contributed by atoms with van der Waals surface area (Å²) in [5.41, 5.74) is 3.03. The van der Waals surface area contributed by atoms with Crippen molar-refractivity contribution in [2.45, 2.75) is 40.3 Å². The lowest BCUT2D eigenvalue weighted by Crippen LogP contribution is -2.45. The third-order valence-electron chi connectivity index (χ3n) is 5.14. The third kappa shape index (κ3) is 6.17. The molecule has 1 saturated heterocycles. The Morgan fingerprint density at radius 3 is 2.39 bits per heavy atom. The van der Waals surface area contributed by atoms with Gasteiger partial charge in [-0.15, -0.1) is 0 Å². The largest absolute Gasteiger partial charge is 0.447 e. The van der Waals surface area contributed by atoms with E-state index in [0.29, 0.717) is 30.6 Å². The highest BCUT2D eigenvalue weighted by atomic mass is 16.3. The Balaban J connectivity index is 1.41. The van der Waals surface area contributed by atoms with Crippen molar-refractivity contribution in [1.82, 2.24) is 20.1 Å². The molecule has 0 radical (unpaired) electrons. The number of aromatic nitrogens is 1. The zero-order chi connectivity index (χ0) is 19.9. The summed E-state index contributed by atoms with van der Waals surface area (Å²) in [5, 5.41) is 2.90. The van der Waals surface area contributed by atoms with Gasteiger partial charge in [-0.2, -0.15) is 0 Å². The number of benzene rings is 1. The fraction of sp³-hybridized carbons (Fsp3) is 0.545. The van der Waals surface area contributed by atoms with E-state index in [1.165, 1.54) is 17.4 Å². The number of piperazine rings is 1. The molecule has 0 spiro atoms. The number of amides is 1. The first-order chi connectivity index (χ1) is 13.5. The molecule has 1 aliphatic rings. The maximum atomic E-state index is 12.1. The molecule has 0 bridgehead atoms. The summed E-state index contributed by atoms with van der Waals surface area (Å²) >= 11 is 0. The fourth-order valence-electron chi connectivity index (χ4n) is 3.30. The first kappa shape index (κ1) is 20.6. The van der Waals surface area contributed by atoms with Crippen molar-refractivity contribution in [1.29, 1.82) is 0 Å². The molecular weight excluding hydrogens is 352 g/mol. The summed E-state index contributed by atoms with van der Waals surface area (Å²) in [6, 6.07) is 8.76. The van der Waals surface area contributed by atoms with Gasteiger partial charge >= 0.3 is 0 Å². The Morgan fingerprint density at radius 1 is 1.11 bits per heavy atom. The maximum absolute atomic E-state index is 12.1. The van der Waals surface area contributed by atoms with Crippen LogP contribution in [-0.4, -0.2) is 53.4 Å². The van der Waals surface area contributed by atoms with Crippen LogP contribution in [0.4, 0.5) is 0 Å². The minimum atomic E-state index is -0.154. The van der Waals surface area contributed by atoms with Crippen molar-refractivity contribution in [3.8, 4) is 0 Å². The van der Waals surface area contributed by atoms with Crippen LogP contribution in [0.3, 0.4) is 0 Å². The van der Waals surface area contributed by atoms with Crippen LogP contribution >= 0.6 is 0 Å². The predicted octanol–water partition coefficient (Wildman–Crippen LogP) is 3.08. The molecule has 28 heavy (non-hydrogen) atoms. The van der Waals surface area contributed by atoms with E-state index in [1.54, 1.807) is 0 Å². The molecule has 1 aromatic carbocycles. The zero-order valence-electron chi connectivity index (χ0n) is 17.3. The van der Waals surface area contributed by atoms with E-state index in [2.05, 4.69) is 65.1 Å². The van der Waals surface area contributed by atoms with E-state index >= 15 is 0 Å². The van der Waals surface area contributed by atoms with Crippen LogP contribution in [0, 0.1) is 12.8 Å². The molecule has 0 aliphatic carbocycles. The van der Waals surface area contributed by atoms with Gasteiger partial charge in [-0.1, -0.05) is 43.7 Å². The van der Waals surface area contributed by atoms with Gasteiger partial charge in [0, 0.05) is 39.3 Å².